The fourth-order valence-corrected chi connectivity index (χ4v) is 3.24. The van der Waals surface area contributed by atoms with Gasteiger partial charge in [0.25, 0.3) is 5.91 Å². The van der Waals surface area contributed by atoms with Crippen LogP contribution in [0.4, 0.5) is 11.4 Å². The normalized spacial score (nSPS) is 16.5. The van der Waals surface area contributed by atoms with Crippen molar-refractivity contribution in [2.45, 2.75) is 19.8 Å². The minimum atomic E-state index is -0.605. The Bertz CT molecular complexity index is 815. The standard InChI is InChI=1S/C18H21N3O5/c1-10-7-11-3-4-14(23)20-15(11)13(8-10)19-16-12(18(25)26-2)9-21(5-6-22)17(16)24/h7-8,19,22H,3-6,9H2,1-2H3,(H,20,23). The van der Waals surface area contributed by atoms with Gasteiger partial charge >= 0.3 is 5.97 Å². The molecule has 0 radical (unpaired) electrons. The Morgan fingerprint density at radius 1 is 1.35 bits per heavy atom. The molecule has 138 valence electrons. The molecule has 3 N–H and O–H groups in total. The van der Waals surface area contributed by atoms with Crippen molar-refractivity contribution in [1.82, 2.24) is 4.90 Å². The number of aryl methyl sites for hydroxylation is 2. The zero-order chi connectivity index (χ0) is 18.8. The van der Waals surface area contributed by atoms with Gasteiger partial charge in [-0.25, -0.2) is 4.79 Å². The molecule has 0 bridgehead atoms. The van der Waals surface area contributed by atoms with E-state index in [0.29, 0.717) is 24.2 Å². The predicted octanol–water partition coefficient (Wildman–Crippen LogP) is 0.553. The molecule has 8 heteroatoms. The van der Waals surface area contributed by atoms with Crippen molar-refractivity contribution in [2.24, 2.45) is 0 Å². The molecule has 0 unspecified atom stereocenters. The predicted molar refractivity (Wildman–Crippen MR) is 94.5 cm³/mol. The van der Waals surface area contributed by atoms with E-state index in [1.54, 1.807) is 0 Å². The molecule has 0 aliphatic carbocycles. The summed E-state index contributed by atoms with van der Waals surface area (Å²) in [5.41, 5.74) is 3.44. The first-order chi connectivity index (χ1) is 12.4. The number of anilines is 2. The Morgan fingerprint density at radius 3 is 2.81 bits per heavy atom. The van der Waals surface area contributed by atoms with Crippen LogP contribution in [0.15, 0.2) is 23.4 Å². The number of hydrogen-bond donors (Lipinski definition) is 3. The minimum Gasteiger partial charge on any atom is -0.466 e. The summed E-state index contributed by atoms with van der Waals surface area (Å²) < 4.78 is 4.78. The number of methoxy groups -OCH3 is 1. The molecular weight excluding hydrogens is 338 g/mol. The molecule has 0 spiro atoms. The van der Waals surface area contributed by atoms with E-state index >= 15 is 0 Å². The van der Waals surface area contributed by atoms with Crippen LogP contribution in [0.5, 0.6) is 0 Å². The van der Waals surface area contributed by atoms with Crippen molar-refractivity contribution in [3.8, 4) is 0 Å². The number of rotatable bonds is 5. The first-order valence-corrected chi connectivity index (χ1v) is 8.36. The van der Waals surface area contributed by atoms with E-state index in [0.717, 1.165) is 11.1 Å². The van der Waals surface area contributed by atoms with Gasteiger partial charge in [0.05, 0.1) is 37.2 Å². The maximum atomic E-state index is 12.6. The number of amides is 2. The van der Waals surface area contributed by atoms with Crippen molar-refractivity contribution in [3.05, 3.63) is 34.5 Å². The van der Waals surface area contributed by atoms with E-state index in [-0.39, 0.29) is 36.9 Å². The highest BCUT2D eigenvalue weighted by molar-refractivity contribution is 6.09. The van der Waals surface area contributed by atoms with Crippen LogP contribution in [0, 0.1) is 6.92 Å². The van der Waals surface area contributed by atoms with E-state index in [2.05, 4.69) is 10.6 Å². The average Bonchev–Trinajstić information content (AvgIpc) is 2.91. The number of hydrogen-bond acceptors (Lipinski definition) is 6. The molecule has 3 rings (SSSR count). The van der Waals surface area contributed by atoms with Crippen molar-refractivity contribution < 1.29 is 24.2 Å². The van der Waals surface area contributed by atoms with Gasteiger partial charge in [0, 0.05) is 13.0 Å². The Morgan fingerprint density at radius 2 is 2.12 bits per heavy atom. The van der Waals surface area contributed by atoms with Gasteiger partial charge in [0.15, 0.2) is 0 Å². The Labute approximate surface area is 150 Å². The number of nitrogens with zero attached hydrogens (tertiary/aromatic N) is 1. The summed E-state index contributed by atoms with van der Waals surface area (Å²) in [7, 11) is 1.25. The van der Waals surface area contributed by atoms with Crippen LogP contribution in [0.1, 0.15) is 17.5 Å². The van der Waals surface area contributed by atoms with Crippen LogP contribution in [0.3, 0.4) is 0 Å². The van der Waals surface area contributed by atoms with Crippen LogP contribution in [0.2, 0.25) is 0 Å². The minimum absolute atomic E-state index is 0.0643. The fourth-order valence-electron chi connectivity index (χ4n) is 3.24. The fraction of sp³-hybridized carbons (Fsp3) is 0.389. The number of benzene rings is 1. The van der Waals surface area contributed by atoms with Gasteiger partial charge in [-0.2, -0.15) is 0 Å². The molecule has 2 heterocycles. The van der Waals surface area contributed by atoms with E-state index in [4.69, 9.17) is 9.84 Å². The van der Waals surface area contributed by atoms with E-state index in [9.17, 15) is 14.4 Å². The van der Waals surface area contributed by atoms with Crippen LogP contribution in [-0.2, 0) is 25.5 Å². The number of fused-ring (bicyclic) bond motifs is 1. The van der Waals surface area contributed by atoms with E-state index in [1.807, 2.05) is 19.1 Å². The van der Waals surface area contributed by atoms with E-state index in [1.165, 1.54) is 12.0 Å². The van der Waals surface area contributed by atoms with Crippen molar-refractivity contribution in [1.29, 1.82) is 0 Å². The summed E-state index contributed by atoms with van der Waals surface area (Å²) in [6.45, 7) is 1.90. The summed E-state index contributed by atoms with van der Waals surface area (Å²) >= 11 is 0. The molecule has 2 aliphatic heterocycles. The monoisotopic (exact) mass is 359 g/mol. The van der Waals surface area contributed by atoms with Gasteiger partial charge < -0.3 is 25.4 Å². The molecule has 0 atom stereocenters. The highest BCUT2D eigenvalue weighted by atomic mass is 16.5. The maximum absolute atomic E-state index is 12.6. The van der Waals surface area contributed by atoms with Crippen molar-refractivity contribution in [2.75, 3.05) is 37.4 Å². The number of carbonyl (C=O) groups is 3. The number of nitrogens with one attached hydrogen (secondary N) is 2. The van der Waals surface area contributed by atoms with Gasteiger partial charge in [0.2, 0.25) is 5.91 Å². The Balaban J connectivity index is 2.00. The van der Waals surface area contributed by atoms with Gasteiger partial charge in [-0.05, 0) is 30.5 Å². The summed E-state index contributed by atoms with van der Waals surface area (Å²) in [5.74, 6) is -1.09. The lowest BCUT2D eigenvalue weighted by Gasteiger charge is -2.22. The molecule has 1 aromatic rings. The highest BCUT2D eigenvalue weighted by Crippen LogP contribution is 2.34. The summed E-state index contributed by atoms with van der Waals surface area (Å²) in [4.78, 5) is 37.9. The van der Waals surface area contributed by atoms with Gasteiger partial charge in [-0.15, -0.1) is 0 Å². The zero-order valence-electron chi connectivity index (χ0n) is 14.7. The molecule has 0 saturated carbocycles. The van der Waals surface area contributed by atoms with Crippen LogP contribution < -0.4 is 10.6 Å². The molecule has 1 aromatic carbocycles. The Hall–Kier alpha value is -2.87. The largest absolute Gasteiger partial charge is 0.466 e. The smallest absolute Gasteiger partial charge is 0.337 e. The lowest BCUT2D eigenvalue weighted by Crippen LogP contribution is -2.31. The third-order valence-corrected chi connectivity index (χ3v) is 4.46. The average molecular weight is 359 g/mol. The second-order valence-corrected chi connectivity index (χ2v) is 6.32. The molecule has 0 saturated heterocycles. The Kier molecular flexibility index (Phi) is 4.94. The van der Waals surface area contributed by atoms with E-state index < -0.39 is 11.9 Å². The lowest BCUT2D eigenvalue weighted by molar-refractivity contribution is -0.136. The number of aliphatic hydroxyl groups excluding tert-OH is 1. The number of β-amino-alcohol motifs (C(OH)–C–C–N with tert-alkyl or cyclic N) is 1. The molecule has 8 nitrogen and oxygen atoms in total. The molecule has 2 aliphatic rings. The maximum Gasteiger partial charge on any atom is 0.337 e. The molecular formula is C18H21N3O5. The number of ether oxygens (including phenoxy) is 1. The third-order valence-electron chi connectivity index (χ3n) is 4.46. The van der Waals surface area contributed by atoms with Gasteiger partial charge in [-0.1, -0.05) is 6.07 Å². The van der Waals surface area contributed by atoms with Crippen LogP contribution >= 0.6 is 0 Å². The van der Waals surface area contributed by atoms with Crippen LogP contribution in [0.25, 0.3) is 0 Å². The first-order valence-electron chi connectivity index (χ1n) is 8.36. The molecule has 2 amide bonds. The first kappa shape index (κ1) is 17.9. The van der Waals surface area contributed by atoms with Gasteiger partial charge in [-0.3, -0.25) is 9.59 Å². The summed E-state index contributed by atoms with van der Waals surface area (Å²) in [6, 6.07) is 3.80. The second-order valence-electron chi connectivity index (χ2n) is 6.32. The molecule has 0 aromatic heterocycles. The summed E-state index contributed by atoms with van der Waals surface area (Å²) in [6.07, 6.45) is 1.03. The van der Waals surface area contributed by atoms with Crippen molar-refractivity contribution >= 4 is 29.2 Å². The second kappa shape index (κ2) is 7.17. The lowest BCUT2D eigenvalue weighted by atomic mass is 9.99. The molecule has 0 fully saturated rings. The SMILES string of the molecule is COC(=O)C1=C(Nc2cc(C)cc3c2NC(=O)CC3)C(=O)N(CCO)C1. The number of esters is 1. The topological polar surface area (TPSA) is 108 Å². The zero-order valence-corrected chi connectivity index (χ0v) is 14.7. The van der Waals surface area contributed by atoms with Crippen LogP contribution in [-0.4, -0.2) is 54.6 Å². The summed E-state index contributed by atoms with van der Waals surface area (Å²) in [5, 5.41) is 15.0. The highest BCUT2D eigenvalue weighted by Gasteiger charge is 2.35. The van der Waals surface area contributed by atoms with Crippen molar-refractivity contribution in [3.63, 3.8) is 0 Å². The van der Waals surface area contributed by atoms with Gasteiger partial charge in [0.1, 0.15) is 5.70 Å². The quantitative estimate of drug-likeness (QED) is 0.663. The number of aliphatic hydroxyl groups is 1. The number of carbonyl (C=O) groups excluding carboxylic acids is 3. The molecule has 26 heavy (non-hydrogen) atoms. The third kappa shape index (κ3) is 3.28.